The lowest BCUT2D eigenvalue weighted by molar-refractivity contribution is -0.118. The smallest absolute Gasteiger partial charge is 0.163 e. The molecule has 0 spiro atoms. The van der Waals surface area contributed by atoms with Gasteiger partial charge in [0.2, 0.25) is 0 Å². The van der Waals surface area contributed by atoms with Gasteiger partial charge in [-0.05, 0) is 36.1 Å². The summed E-state index contributed by atoms with van der Waals surface area (Å²) in [4.78, 5) is 13.1. The van der Waals surface area contributed by atoms with Gasteiger partial charge in [-0.15, -0.1) is 0 Å². The maximum absolute atomic E-state index is 13.1. The molecule has 5 heteroatoms. The second kappa shape index (κ2) is 6.06. The van der Waals surface area contributed by atoms with Crippen molar-refractivity contribution >= 4 is 28.8 Å². The number of hydrogen-bond donors (Lipinski definition) is 3. The van der Waals surface area contributed by atoms with Crippen molar-refractivity contribution in [2.24, 2.45) is 5.41 Å². The molecular formula is C21H21ClN2O2. The van der Waals surface area contributed by atoms with Crippen LogP contribution in [0.25, 0.3) is 0 Å². The zero-order valence-electron chi connectivity index (χ0n) is 14.8. The molecule has 1 heterocycles. The lowest BCUT2D eigenvalue weighted by atomic mass is 9.73. The average Bonchev–Trinajstić information content (AvgIpc) is 2.70. The lowest BCUT2D eigenvalue weighted by Gasteiger charge is -2.34. The van der Waals surface area contributed by atoms with Gasteiger partial charge < -0.3 is 15.7 Å². The maximum Gasteiger partial charge on any atom is 0.163 e. The van der Waals surface area contributed by atoms with E-state index < -0.39 is 6.04 Å². The molecule has 4 nitrogen and oxygen atoms in total. The summed E-state index contributed by atoms with van der Waals surface area (Å²) in [6.07, 6.45) is 1.25. The Hall–Kier alpha value is -2.46. The van der Waals surface area contributed by atoms with Crippen LogP contribution in [0.4, 0.5) is 11.4 Å². The molecule has 1 unspecified atom stereocenters. The van der Waals surface area contributed by atoms with Gasteiger partial charge in [-0.1, -0.05) is 43.6 Å². The first-order valence-electron chi connectivity index (χ1n) is 8.71. The summed E-state index contributed by atoms with van der Waals surface area (Å²) in [5.74, 6) is 0.267. The Morgan fingerprint density at radius 3 is 2.65 bits per heavy atom. The normalized spacial score (nSPS) is 21.2. The molecule has 0 amide bonds. The van der Waals surface area contributed by atoms with Crippen molar-refractivity contribution in [3.8, 4) is 5.75 Å². The number of aromatic hydroxyl groups is 1. The molecule has 2 aromatic rings. The van der Waals surface area contributed by atoms with E-state index in [4.69, 9.17) is 11.6 Å². The Kier molecular flexibility index (Phi) is 3.96. The van der Waals surface area contributed by atoms with Crippen LogP contribution >= 0.6 is 11.6 Å². The molecule has 0 aromatic heterocycles. The van der Waals surface area contributed by atoms with Gasteiger partial charge in [0.05, 0.1) is 17.4 Å². The number of hydrogen-bond acceptors (Lipinski definition) is 4. The number of fused-ring (bicyclic) bond motifs is 1. The van der Waals surface area contributed by atoms with Crippen LogP contribution in [0.2, 0.25) is 5.02 Å². The number of benzene rings is 2. The second-order valence-corrected chi connectivity index (χ2v) is 8.22. The molecule has 26 heavy (non-hydrogen) atoms. The van der Waals surface area contributed by atoms with E-state index in [9.17, 15) is 9.90 Å². The summed E-state index contributed by atoms with van der Waals surface area (Å²) in [5, 5.41) is 17.9. The summed E-state index contributed by atoms with van der Waals surface area (Å²) in [7, 11) is 0. The number of rotatable bonds is 1. The topological polar surface area (TPSA) is 61.4 Å². The van der Waals surface area contributed by atoms with E-state index in [-0.39, 0.29) is 16.9 Å². The largest absolute Gasteiger partial charge is 0.508 e. The third-order valence-corrected chi connectivity index (χ3v) is 5.26. The maximum atomic E-state index is 13.1. The number of allylic oxidation sites excluding steroid dienone is 1. The fourth-order valence-corrected chi connectivity index (χ4v) is 4.05. The van der Waals surface area contributed by atoms with Crippen LogP contribution in [0.5, 0.6) is 5.75 Å². The van der Waals surface area contributed by atoms with Crippen LogP contribution in [0.3, 0.4) is 0 Å². The standard InChI is InChI=1S/C21H21ClN2O2/c1-21(2)10-16-19(18(26)11-21)20(13-5-3-4-6-17(13)25)24-15-9-12(22)7-8-14(15)23-16/h3-9,20,23-25H,10-11H2,1-2H3. The minimum atomic E-state index is -0.429. The molecule has 2 aliphatic rings. The van der Waals surface area contributed by atoms with Crippen molar-refractivity contribution in [1.82, 2.24) is 0 Å². The van der Waals surface area contributed by atoms with Crippen molar-refractivity contribution in [2.45, 2.75) is 32.7 Å². The SMILES string of the molecule is CC1(C)CC(=O)C2=C(C1)Nc1ccc(Cl)cc1NC2c1ccccc1O. The van der Waals surface area contributed by atoms with Crippen molar-refractivity contribution in [3.05, 3.63) is 64.3 Å². The highest BCUT2D eigenvalue weighted by Crippen LogP contribution is 2.46. The van der Waals surface area contributed by atoms with Gasteiger partial charge in [-0.2, -0.15) is 0 Å². The number of carbonyl (C=O) groups excluding carboxylic acids is 1. The second-order valence-electron chi connectivity index (χ2n) is 7.78. The molecule has 1 atom stereocenters. The van der Waals surface area contributed by atoms with Gasteiger partial charge in [0.1, 0.15) is 5.75 Å². The van der Waals surface area contributed by atoms with Gasteiger partial charge in [0.15, 0.2) is 5.78 Å². The van der Waals surface area contributed by atoms with Gasteiger partial charge in [-0.3, -0.25) is 4.79 Å². The van der Waals surface area contributed by atoms with Crippen molar-refractivity contribution in [1.29, 1.82) is 0 Å². The molecule has 1 aliphatic carbocycles. The molecule has 0 fully saturated rings. The van der Waals surface area contributed by atoms with E-state index in [1.165, 1.54) is 0 Å². The molecule has 0 bridgehead atoms. The Morgan fingerprint density at radius 1 is 1.12 bits per heavy atom. The molecule has 3 N–H and O–H groups in total. The van der Waals surface area contributed by atoms with Crippen LogP contribution < -0.4 is 10.6 Å². The average molecular weight is 369 g/mol. The summed E-state index contributed by atoms with van der Waals surface area (Å²) >= 11 is 6.18. The lowest BCUT2D eigenvalue weighted by Crippen LogP contribution is -2.31. The first-order chi connectivity index (χ1) is 12.3. The number of ketones is 1. The van der Waals surface area contributed by atoms with Crippen molar-refractivity contribution in [3.63, 3.8) is 0 Å². The minimum Gasteiger partial charge on any atom is -0.508 e. The molecule has 0 saturated heterocycles. The number of anilines is 2. The monoisotopic (exact) mass is 368 g/mol. The number of phenols is 1. The summed E-state index contributed by atoms with van der Waals surface area (Å²) in [6.45, 7) is 4.21. The first-order valence-corrected chi connectivity index (χ1v) is 9.09. The van der Waals surface area contributed by atoms with Crippen molar-refractivity contribution in [2.75, 3.05) is 10.6 Å². The van der Waals surface area contributed by atoms with Gasteiger partial charge >= 0.3 is 0 Å². The van der Waals surface area contributed by atoms with E-state index in [1.54, 1.807) is 12.1 Å². The number of carbonyl (C=O) groups is 1. The van der Waals surface area contributed by atoms with Gasteiger partial charge in [-0.25, -0.2) is 0 Å². The number of halogens is 1. The molecule has 1 aliphatic heterocycles. The molecule has 134 valence electrons. The van der Waals surface area contributed by atoms with Crippen molar-refractivity contribution < 1.29 is 9.90 Å². The summed E-state index contributed by atoms with van der Waals surface area (Å²) < 4.78 is 0. The van der Waals surface area contributed by atoms with Crippen LogP contribution in [0, 0.1) is 5.41 Å². The van der Waals surface area contributed by atoms with Gasteiger partial charge in [0.25, 0.3) is 0 Å². The highest BCUT2D eigenvalue weighted by Gasteiger charge is 2.39. The summed E-state index contributed by atoms with van der Waals surface area (Å²) in [6, 6.07) is 12.3. The molecule has 4 rings (SSSR count). The third-order valence-electron chi connectivity index (χ3n) is 5.02. The van der Waals surface area contributed by atoms with E-state index >= 15 is 0 Å². The molecule has 0 saturated carbocycles. The first kappa shape index (κ1) is 17.0. The Bertz CT molecular complexity index is 933. The van der Waals surface area contributed by atoms with Crippen LogP contribution in [0.1, 0.15) is 38.3 Å². The highest BCUT2D eigenvalue weighted by atomic mass is 35.5. The highest BCUT2D eigenvalue weighted by molar-refractivity contribution is 6.31. The zero-order valence-corrected chi connectivity index (χ0v) is 15.5. The number of para-hydroxylation sites is 1. The molecule has 2 aromatic carbocycles. The summed E-state index contributed by atoms with van der Waals surface area (Å²) in [5.41, 5.74) is 3.87. The van der Waals surface area contributed by atoms with Crippen LogP contribution in [-0.2, 0) is 4.79 Å². The predicted octanol–water partition coefficient (Wildman–Crippen LogP) is 5.27. The third kappa shape index (κ3) is 2.95. The fraction of sp³-hybridized carbons (Fsp3) is 0.286. The predicted molar refractivity (Wildman–Crippen MR) is 105 cm³/mol. The fourth-order valence-electron chi connectivity index (χ4n) is 3.88. The Labute approximate surface area is 157 Å². The quantitative estimate of drug-likeness (QED) is 0.641. The molecular weight excluding hydrogens is 348 g/mol. The Morgan fingerprint density at radius 2 is 1.88 bits per heavy atom. The van der Waals surface area contributed by atoms with Crippen LogP contribution in [-0.4, -0.2) is 10.9 Å². The van der Waals surface area contributed by atoms with E-state index in [1.807, 2.05) is 30.3 Å². The number of phenolic OH excluding ortho intramolecular Hbond substituents is 1. The number of Topliss-reactive ketones (excluding diaryl/α,β-unsaturated/α-hetero) is 1. The number of nitrogens with one attached hydrogen (secondary N) is 2. The minimum absolute atomic E-state index is 0.100. The Balaban J connectivity index is 1.92. The molecule has 0 radical (unpaired) electrons. The van der Waals surface area contributed by atoms with E-state index in [0.717, 1.165) is 23.5 Å². The zero-order chi connectivity index (χ0) is 18.5. The van der Waals surface area contributed by atoms with Gasteiger partial charge in [0, 0.05) is 28.3 Å². The van der Waals surface area contributed by atoms with Crippen LogP contribution in [0.15, 0.2) is 53.7 Å². The van der Waals surface area contributed by atoms with E-state index in [2.05, 4.69) is 24.5 Å². The van der Waals surface area contributed by atoms with E-state index in [0.29, 0.717) is 22.6 Å².